The highest BCUT2D eigenvalue weighted by atomic mass is 16.3. The smallest absolute Gasteiger partial charge is 0.127 e. The summed E-state index contributed by atoms with van der Waals surface area (Å²) in [6, 6.07) is 13.2. The maximum absolute atomic E-state index is 10.1. The predicted octanol–water partition coefficient (Wildman–Crippen LogP) is 3.58. The summed E-state index contributed by atoms with van der Waals surface area (Å²) in [6.07, 6.45) is 6.87. The first kappa shape index (κ1) is 14.6. The Morgan fingerprint density at radius 2 is 2.09 bits per heavy atom. The summed E-state index contributed by atoms with van der Waals surface area (Å²) in [7, 11) is 0. The Kier molecular flexibility index (Phi) is 4.36. The molecule has 0 bridgehead atoms. The van der Waals surface area contributed by atoms with Crippen molar-refractivity contribution in [2.24, 2.45) is 0 Å². The second kappa shape index (κ2) is 6.59. The van der Waals surface area contributed by atoms with Crippen LogP contribution in [0.25, 0.3) is 0 Å². The number of pyridine rings is 1. The number of hydrogen-bond acceptors (Lipinski definition) is 4. The van der Waals surface area contributed by atoms with Crippen LogP contribution in [-0.4, -0.2) is 21.5 Å². The van der Waals surface area contributed by atoms with Gasteiger partial charge in [-0.3, -0.25) is 9.88 Å². The average Bonchev–Trinajstić information content (AvgIpc) is 2.58. The van der Waals surface area contributed by atoms with Gasteiger partial charge in [-0.15, -0.1) is 0 Å². The molecule has 2 atom stereocenters. The largest absolute Gasteiger partial charge is 0.508 e. The van der Waals surface area contributed by atoms with E-state index in [4.69, 9.17) is 0 Å². The van der Waals surface area contributed by atoms with Gasteiger partial charge in [0.1, 0.15) is 11.8 Å². The first-order chi connectivity index (χ1) is 10.8. The van der Waals surface area contributed by atoms with Gasteiger partial charge >= 0.3 is 0 Å². The van der Waals surface area contributed by atoms with Crippen LogP contribution in [0.15, 0.2) is 48.8 Å². The van der Waals surface area contributed by atoms with Gasteiger partial charge in [0.2, 0.25) is 0 Å². The summed E-state index contributed by atoms with van der Waals surface area (Å²) < 4.78 is 0. The Morgan fingerprint density at radius 1 is 1.23 bits per heavy atom. The fourth-order valence-corrected chi connectivity index (χ4v) is 3.24. The highest BCUT2D eigenvalue weighted by molar-refractivity contribution is 5.38. The van der Waals surface area contributed by atoms with Gasteiger partial charge in [-0.1, -0.05) is 30.7 Å². The van der Waals surface area contributed by atoms with Crippen molar-refractivity contribution >= 4 is 0 Å². The molecule has 0 radical (unpaired) electrons. The maximum Gasteiger partial charge on any atom is 0.127 e. The lowest BCUT2D eigenvalue weighted by Crippen LogP contribution is -2.36. The van der Waals surface area contributed by atoms with Crippen LogP contribution >= 0.6 is 0 Å². The van der Waals surface area contributed by atoms with Gasteiger partial charge in [-0.05, 0) is 30.5 Å². The molecule has 1 aliphatic rings. The molecule has 0 saturated carbocycles. The van der Waals surface area contributed by atoms with Crippen LogP contribution < -0.4 is 0 Å². The van der Waals surface area contributed by atoms with Gasteiger partial charge in [-0.2, -0.15) is 5.26 Å². The van der Waals surface area contributed by atoms with Gasteiger partial charge in [-0.25, -0.2) is 0 Å². The van der Waals surface area contributed by atoms with Gasteiger partial charge in [0, 0.05) is 30.5 Å². The monoisotopic (exact) mass is 293 g/mol. The number of aromatic nitrogens is 1. The Balaban J connectivity index is 1.96. The number of nitrogens with zero attached hydrogens (tertiary/aromatic N) is 3. The summed E-state index contributed by atoms with van der Waals surface area (Å²) >= 11 is 0. The number of para-hydroxylation sites is 1. The van der Waals surface area contributed by atoms with Crippen LogP contribution in [0.1, 0.15) is 42.5 Å². The molecule has 4 heteroatoms. The average molecular weight is 293 g/mol. The zero-order valence-corrected chi connectivity index (χ0v) is 12.4. The van der Waals surface area contributed by atoms with E-state index < -0.39 is 6.04 Å². The molecule has 0 aliphatic carbocycles. The maximum atomic E-state index is 10.1. The Hall–Kier alpha value is -2.38. The number of aromatic hydroxyl groups is 1. The zero-order chi connectivity index (χ0) is 15.4. The number of likely N-dealkylation sites (tertiary alicyclic amines) is 1. The molecule has 1 aliphatic heterocycles. The molecule has 1 fully saturated rings. The molecule has 0 spiro atoms. The number of nitriles is 1. The number of piperidine rings is 1. The lowest BCUT2D eigenvalue weighted by atomic mass is 9.92. The molecule has 1 saturated heterocycles. The first-order valence-electron chi connectivity index (χ1n) is 7.64. The quantitative estimate of drug-likeness (QED) is 0.939. The van der Waals surface area contributed by atoms with Crippen molar-refractivity contribution in [2.45, 2.75) is 31.3 Å². The zero-order valence-electron chi connectivity index (χ0n) is 12.4. The van der Waals surface area contributed by atoms with Crippen LogP contribution in [-0.2, 0) is 0 Å². The van der Waals surface area contributed by atoms with E-state index in [2.05, 4.69) is 22.0 Å². The fraction of sp³-hybridized carbons (Fsp3) is 0.333. The summed E-state index contributed by atoms with van der Waals surface area (Å²) in [4.78, 5) is 6.40. The Morgan fingerprint density at radius 3 is 2.82 bits per heavy atom. The third-order valence-electron chi connectivity index (χ3n) is 4.30. The number of benzene rings is 1. The first-order valence-corrected chi connectivity index (χ1v) is 7.64. The van der Waals surface area contributed by atoms with E-state index in [1.165, 1.54) is 0 Å². The number of phenols is 1. The van der Waals surface area contributed by atoms with E-state index in [1.54, 1.807) is 18.3 Å². The van der Waals surface area contributed by atoms with E-state index in [-0.39, 0.29) is 11.8 Å². The molecule has 3 rings (SSSR count). The lowest BCUT2D eigenvalue weighted by Gasteiger charge is -2.38. The van der Waals surface area contributed by atoms with Crippen molar-refractivity contribution in [1.82, 2.24) is 9.88 Å². The Bertz CT molecular complexity index is 666. The minimum atomic E-state index is -0.438. The molecule has 112 valence electrons. The minimum Gasteiger partial charge on any atom is -0.508 e. The number of hydrogen-bond donors (Lipinski definition) is 1. The molecular formula is C18H19N3O. The van der Waals surface area contributed by atoms with E-state index in [1.807, 2.05) is 24.4 Å². The third kappa shape index (κ3) is 2.81. The van der Waals surface area contributed by atoms with Crippen molar-refractivity contribution in [1.29, 1.82) is 5.26 Å². The van der Waals surface area contributed by atoms with Crippen molar-refractivity contribution in [2.75, 3.05) is 6.54 Å². The molecule has 1 N–H and O–H groups in total. The molecule has 2 aromatic rings. The minimum absolute atomic E-state index is 0.173. The molecule has 1 aromatic carbocycles. The highest BCUT2D eigenvalue weighted by Crippen LogP contribution is 2.39. The molecular weight excluding hydrogens is 274 g/mol. The highest BCUT2D eigenvalue weighted by Gasteiger charge is 2.32. The SMILES string of the molecule is N#CC(c1ccccc1O)N1CCCCC1c1cccnc1. The number of phenolic OH excluding ortho intramolecular Hbond substituents is 1. The molecule has 22 heavy (non-hydrogen) atoms. The molecule has 4 nitrogen and oxygen atoms in total. The summed E-state index contributed by atoms with van der Waals surface area (Å²) in [5, 5.41) is 19.8. The van der Waals surface area contributed by atoms with Crippen LogP contribution in [0.2, 0.25) is 0 Å². The van der Waals surface area contributed by atoms with Gasteiger partial charge in [0.05, 0.1) is 6.07 Å². The van der Waals surface area contributed by atoms with Crippen molar-refractivity contribution in [3.63, 3.8) is 0 Å². The lowest BCUT2D eigenvalue weighted by molar-refractivity contribution is 0.118. The van der Waals surface area contributed by atoms with Crippen LogP contribution in [0.4, 0.5) is 0 Å². The number of rotatable bonds is 3. The van der Waals surface area contributed by atoms with Crippen molar-refractivity contribution < 1.29 is 5.11 Å². The predicted molar refractivity (Wildman–Crippen MR) is 84.0 cm³/mol. The molecule has 2 heterocycles. The Labute approximate surface area is 130 Å². The van der Waals surface area contributed by atoms with E-state index >= 15 is 0 Å². The van der Waals surface area contributed by atoms with Crippen LogP contribution in [0, 0.1) is 11.3 Å². The third-order valence-corrected chi connectivity index (χ3v) is 4.30. The normalized spacial score (nSPS) is 20.2. The van der Waals surface area contributed by atoms with Gasteiger partial charge in [0.15, 0.2) is 0 Å². The summed E-state index contributed by atoms with van der Waals surface area (Å²) in [6.45, 7) is 0.853. The van der Waals surface area contributed by atoms with Crippen LogP contribution in [0.5, 0.6) is 5.75 Å². The van der Waals surface area contributed by atoms with E-state index in [0.29, 0.717) is 5.56 Å². The topological polar surface area (TPSA) is 60.1 Å². The second-order valence-electron chi connectivity index (χ2n) is 5.63. The standard InChI is InChI=1S/C18H19N3O/c19-12-17(15-7-1-2-9-18(15)22)21-11-4-3-8-16(21)14-6-5-10-20-13-14/h1-2,5-7,9-10,13,16-17,22H,3-4,8,11H2. The van der Waals surface area contributed by atoms with Crippen molar-refractivity contribution in [3.8, 4) is 11.8 Å². The van der Waals surface area contributed by atoms with Gasteiger partial charge in [0.25, 0.3) is 0 Å². The van der Waals surface area contributed by atoms with E-state index in [9.17, 15) is 10.4 Å². The second-order valence-corrected chi connectivity index (χ2v) is 5.63. The van der Waals surface area contributed by atoms with Gasteiger partial charge < -0.3 is 5.11 Å². The van der Waals surface area contributed by atoms with Crippen molar-refractivity contribution in [3.05, 3.63) is 59.9 Å². The molecule has 1 aromatic heterocycles. The van der Waals surface area contributed by atoms with E-state index in [0.717, 1.165) is 31.4 Å². The molecule has 2 unspecified atom stereocenters. The summed E-state index contributed by atoms with van der Waals surface area (Å²) in [5.41, 5.74) is 1.82. The fourth-order valence-electron chi connectivity index (χ4n) is 3.24. The van der Waals surface area contributed by atoms with Crippen LogP contribution in [0.3, 0.4) is 0 Å². The summed E-state index contributed by atoms with van der Waals surface area (Å²) in [5.74, 6) is 0.185. The molecule has 0 amide bonds.